The molecule has 0 spiro atoms. The Labute approximate surface area is 135 Å². The molecule has 2 N–H and O–H groups in total. The molecule has 0 saturated heterocycles. The number of likely N-dealkylation sites (N-methyl/N-ethyl adjacent to an activating group) is 1. The van der Waals surface area contributed by atoms with Gasteiger partial charge in [-0.05, 0) is 26.3 Å². The Morgan fingerprint density at radius 1 is 1.45 bits per heavy atom. The van der Waals surface area contributed by atoms with E-state index in [4.69, 9.17) is 0 Å². The van der Waals surface area contributed by atoms with Crippen LogP contribution in [-0.4, -0.2) is 42.6 Å². The molecule has 0 saturated carbocycles. The van der Waals surface area contributed by atoms with Crippen LogP contribution < -0.4 is 10.6 Å². The minimum atomic E-state index is -0.162. The average molecular weight is 320 g/mol. The minimum absolute atomic E-state index is 0.140. The predicted molar refractivity (Wildman–Crippen MR) is 90.7 cm³/mol. The Bertz CT molecular complexity index is 605. The van der Waals surface area contributed by atoms with Gasteiger partial charge in [-0.1, -0.05) is 25.5 Å². The summed E-state index contributed by atoms with van der Waals surface area (Å²) in [6, 6.07) is -0.162. The van der Waals surface area contributed by atoms with Gasteiger partial charge in [0.15, 0.2) is 5.13 Å². The van der Waals surface area contributed by atoms with E-state index in [9.17, 15) is 4.79 Å². The monoisotopic (exact) mass is 320 g/mol. The number of urea groups is 1. The maximum absolute atomic E-state index is 12.0. The van der Waals surface area contributed by atoms with Gasteiger partial charge in [0, 0.05) is 29.9 Å². The normalized spacial score (nSPS) is 20.4. The first-order chi connectivity index (χ1) is 10.4. The molecule has 1 aromatic rings. The van der Waals surface area contributed by atoms with Crippen molar-refractivity contribution in [3.05, 3.63) is 22.2 Å². The van der Waals surface area contributed by atoms with E-state index in [2.05, 4.69) is 47.5 Å². The number of hydrogen-bond donors (Lipinski definition) is 2. The van der Waals surface area contributed by atoms with Crippen molar-refractivity contribution in [3.8, 4) is 0 Å². The molecule has 22 heavy (non-hydrogen) atoms. The lowest BCUT2D eigenvalue weighted by Gasteiger charge is -2.22. The molecule has 0 aromatic carbocycles. The zero-order chi connectivity index (χ0) is 15.7. The fourth-order valence-electron chi connectivity index (χ4n) is 2.96. The second-order valence-electron chi connectivity index (χ2n) is 6.86. The van der Waals surface area contributed by atoms with Crippen molar-refractivity contribution in [2.45, 2.75) is 38.5 Å². The van der Waals surface area contributed by atoms with Gasteiger partial charge in [0.25, 0.3) is 0 Å². The molecule has 0 fully saturated rings. The first kappa shape index (κ1) is 15.5. The summed E-state index contributed by atoms with van der Waals surface area (Å²) in [4.78, 5) is 20.2. The first-order valence-corrected chi connectivity index (χ1v) is 8.67. The van der Waals surface area contributed by atoms with Crippen molar-refractivity contribution in [2.24, 2.45) is 0 Å². The summed E-state index contributed by atoms with van der Waals surface area (Å²) >= 11 is 1.61. The van der Waals surface area contributed by atoms with Crippen LogP contribution in [0.25, 0.3) is 0 Å². The highest BCUT2D eigenvalue weighted by Gasteiger charge is 2.33. The van der Waals surface area contributed by atoms with Crippen molar-refractivity contribution in [1.82, 2.24) is 15.2 Å². The molecule has 6 heteroatoms. The molecule has 0 unspecified atom stereocenters. The highest BCUT2D eigenvalue weighted by Crippen LogP contribution is 2.41. The fourth-order valence-corrected chi connectivity index (χ4v) is 4.09. The van der Waals surface area contributed by atoms with Crippen LogP contribution in [0.4, 0.5) is 9.93 Å². The number of amides is 2. The third kappa shape index (κ3) is 3.33. The fraction of sp³-hybridized carbons (Fsp3) is 0.625. The standard InChI is InChI=1S/C16H24N4OS/c1-16(2)7-4-12-13(16)18-15(22-12)19-14(21)17-10-11-5-8-20(3)9-6-11/h5H,4,6-10H2,1-3H3,(H2,17,18,19,21). The molecule has 1 aromatic heterocycles. The number of nitrogens with one attached hydrogen (secondary N) is 2. The maximum Gasteiger partial charge on any atom is 0.321 e. The van der Waals surface area contributed by atoms with E-state index in [0.717, 1.165) is 38.0 Å². The summed E-state index contributed by atoms with van der Waals surface area (Å²) in [6.07, 6.45) is 5.45. The number of carbonyl (C=O) groups excluding carboxylic acids is 1. The molecular formula is C16H24N4OS. The Kier molecular flexibility index (Phi) is 4.23. The largest absolute Gasteiger partial charge is 0.334 e. The summed E-state index contributed by atoms with van der Waals surface area (Å²) in [5, 5.41) is 6.52. The number of carbonyl (C=O) groups is 1. The van der Waals surface area contributed by atoms with Gasteiger partial charge >= 0.3 is 6.03 Å². The topological polar surface area (TPSA) is 57.3 Å². The number of fused-ring (bicyclic) bond motifs is 1. The van der Waals surface area contributed by atoms with Crippen LogP contribution in [0.5, 0.6) is 0 Å². The molecule has 0 radical (unpaired) electrons. The third-order valence-electron chi connectivity index (χ3n) is 4.52. The van der Waals surface area contributed by atoms with Gasteiger partial charge in [0.05, 0.1) is 5.69 Å². The smallest absolute Gasteiger partial charge is 0.321 e. The zero-order valence-electron chi connectivity index (χ0n) is 13.5. The Hall–Kier alpha value is -1.40. The zero-order valence-corrected chi connectivity index (χ0v) is 14.3. The van der Waals surface area contributed by atoms with Crippen LogP contribution in [0.1, 0.15) is 37.3 Å². The van der Waals surface area contributed by atoms with Crippen LogP contribution in [0, 0.1) is 0 Å². The number of anilines is 1. The lowest BCUT2D eigenvalue weighted by molar-refractivity contribution is 0.252. The lowest BCUT2D eigenvalue weighted by atomic mass is 9.91. The minimum Gasteiger partial charge on any atom is -0.334 e. The highest BCUT2D eigenvalue weighted by atomic mass is 32.1. The van der Waals surface area contributed by atoms with E-state index < -0.39 is 0 Å². The van der Waals surface area contributed by atoms with Gasteiger partial charge in [0.1, 0.15) is 0 Å². The van der Waals surface area contributed by atoms with Gasteiger partial charge in [-0.3, -0.25) is 5.32 Å². The Morgan fingerprint density at radius 2 is 2.27 bits per heavy atom. The lowest BCUT2D eigenvalue weighted by Crippen LogP contribution is -2.33. The quantitative estimate of drug-likeness (QED) is 0.842. The van der Waals surface area contributed by atoms with Gasteiger partial charge in [-0.15, -0.1) is 11.3 Å². The van der Waals surface area contributed by atoms with E-state index in [1.807, 2.05) is 0 Å². The molecule has 5 nitrogen and oxygen atoms in total. The Morgan fingerprint density at radius 3 is 2.95 bits per heavy atom. The van der Waals surface area contributed by atoms with E-state index >= 15 is 0 Å². The summed E-state index contributed by atoms with van der Waals surface area (Å²) in [5.41, 5.74) is 2.60. The van der Waals surface area contributed by atoms with Crippen molar-refractivity contribution in [1.29, 1.82) is 0 Å². The van der Waals surface area contributed by atoms with E-state index in [1.165, 1.54) is 10.5 Å². The van der Waals surface area contributed by atoms with Crippen LogP contribution in [0.15, 0.2) is 11.6 Å². The number of aromatic nitrogens is 1. The molecule has 120 valence electrons. The molecule has 2 aliphatic rings. The van der Waals surface area contributed by atoms with Crippen molar-refractivity contribution >= 4 is 22.5 Å². The first-order valence-electron chi connectivity index (χ1n) is 7.85. The molecule has 0 bridgehead atoms. The predicted octanol–water partition coefficient (Wildman–Crippen LogP) is 2.75. The van der Waals surface area contributed by atoms with Gasteiger partial charge in [-0.2, -0.15) is 0 Å². The second kappa shape index (κ2) is 6.01. The van der Waals surface area contributed by atoms with E-state index in [0.29, 0.717) is 11.7 Å². The van der Waals surface area contributed by atoms with Crippen molar-refractivity contribution in [3.63, 3.8) is 0 Å². The number of nitrogens with zero attached hydrogens (tertiary/aromatic N) is 2. The van der Waals surface area contributed by atoms with Crippen LogP contribution in [0.2, 0.25) is 0 Å². The number of thiazole rings is 1. The van der Waals surface area contributed by atoms with Crippen molar-refractivity contribution in [2.75, 3.05) is 32.0 Å². The molecular weight excluding hydrogens is 296 g/mol. The van der Waals surface area contributed by atoms with E-state index in [-0.39, 0.29) is 11.4 Å². The summed E-state index contributed by atoms with van der Waals surface area (Å²) in [7, 11) is 2.11. The molecule has 1 aliphatic heterocycles. The number of aryl methyl sites for hydroxylation is 1. The number of hydrogen-bond acceptors (Lipinski definition) is 4. The molecule has 3 rings (SSSR count). The Balaban J connectivity index is 1.53. The molecule has 1 aliphatic carbocycles. The third-order valence-corrected chi connectivity index (χ3v) is 5.55. The van der Waals surface area contributed by atoms with Gasteiger partial charge < -0.3 is 10.2 Å². The number of rotatable bonds is 3. The van der Waals surface area contributed by atoms with Gasteiger partial charge in [-0.25, -0.2) is 9.78 Å². The van der Waals surface area contributed by atoms with Crippen LogP contribution in [0.3, 0.4) is 0 Å². The summed E-state index contributed by atoms with van der Waals surface area (Å²) in [5.74, 6) is 0. The maximum atomic E-state index is 12.0. The van der Waals surface area contributed by atoms with Crippen molar-refractivity contribution < 1.29 is 4.79 Å². The van der Waals surface area contributed by atoms with Crippen LogP contribution in [-0.2, 0) is 11.8 Å². The van der Waals surface area contributed by atoms with Crippen LogP contribution >= 0.6 is 11.3 Å². The van der Waals surface area contributed by atoms with Gasteiger partial charge in [0.2, 0.25) is 0 Å². The second-order valence-corrected chi connectivity index (χ2v) is 7.94. The molecule has 0 atom stereocenters. The SMILES string of the molecule is CN1CC=C(CNC(=O)Nc2nc3c(s2)CCC3(C)C)CC1. The summed E-state index contributed by atoms with van der Waals surface area (Å²) in [6.45, 7) is 7.08. The highest BCUT2D eigenvalue weighted by molar-refractivity contribution is 7.16. The summed E-state index contributed by atoms with van der Waals surface area (Å²) < 4.78 is 0. The van der Waals surface area contributed by atoms with E-state index in [1.54, 1.807) is 11.3 Å². The molecule has 2 heterocycles. The molecule has 2 amide bonds. The average Bonchev–Trinajstić information content (AvgIpc) is 2.99.